The molecular formula is C14H30N2O3. The van der Waals surface area contributed by atoms with E-state index in [-0.39, 0.29) is 18.3 Å². The van der Waals surface area contributed by atoms with Gasteiger partial charge >= 0.3 is 0 Å². The van der Waals surface area contributed by atoms with Gasteiger partial charge in [-0.2, -0.15) is 0 Å². The standard InChI is InChI=1S/C14H30N2O3/c1-3-12(17-8-4-6-15)14-11(2)13(10-19-14)18-9-5-7-16/h11-14H,3-10,15-16H2,1-2H3/t11?,12-,13-,14?/m1/s1. The summed E-state index contributed by atoms with van der Waals surface area (Å²) in [4.78, 5) is 0. The molecule has 1 saturated heterocycles. The fourth-order valence-electron chi connectivity index (χ4n) is 2.45. The molecule has 19 heavy (non-hydrogen) atoms. The summed E-state index contributed by atoms with van der Waals surface area (Å²) < 4.78 is 17.6. The van der Waals surface area contributed by atoms with Gasteiger partial charge in [-0.3, -0.25) is 0 Å². The summed E-state index contributed by atoms with van der Waals surface area (Å²) >= 11 is 0. The van der Waals surface area contributed by atoms with Crippen LogP contribution in [0.3, 0.4) is 0 Å². The Morgan fingerprint density at radius 2 is 1.89 bits per heavy atom. The second-order valence-corrected chi connectivity index (χ2v) is 5.17. The van der Waals surface area contributed by atoms with Gasteiger partial charge < -0.3 is 25.7 Å². The van der Waals surface area contributed by atoms with Gasteiger partial charge in [-0.1, -0.05) is 13.8 Å². The van der Waals surface area contributed by atoms with Gasteiger partial charge in [-0.05, 0) is 32.4 Å². The minimum absolute atomic E-state index is 0.130. The summed E-state index contributed by atoms with van der Waals surface area (Å²) in [6.45, 7) is 7.74. The minimum Gasteiger partial charge on any atom is -0.375 e. The lowest BCUT2D eigenvalue weighted by Crippen LogP contribution is -2.35. The quantitative estimate of drug-likeness (QED) is 0.579. The van der Waals surface area contributed by atoms with Crippen molar-refractivity contribution in [2.24, 2.45) is 17.4 Å². The summed E-state index contributed by atoms with van der Waals surface area (Å²) in [6.07, 6.45) is 3.19. The predicted octanol–water partition coefficient (Wildman–Crippen LogP) is 0.899. The molecule has 5 heteroatoms. The summed E-state index contributed by atoms with van der Waals surface area (Å²) in [6, 6.07) is 0. The van der Waals surface area contributed by atoms with Gasteiger partial charge in [0.1, 0.15) is 0 Å². The van der Waals surface area contributed by atoms with Crippen molar-refractivity contribution in [3.63, 3.8) is 0 Å². The number of nitrogens with two attached hydrogens (primary N) is 2. The van der Waals surface area contributed by atoms with Gasteiger partial charge in [0.2, 0.25) is 0 Å². The van der Waals surface area contributed by atoms with E-state index in [4.69, 9.17) is 25.7 Å². The van der Waals surface area contributed by atoms with E-state index in [1.165, 1.54) is 0 Å². The molecule has 0 radical (unpaired) electrons. The van der Waals surface area contributed by atoms with E-state index in [1.54, 1.807) is 0 Å². The van der Waals surface area contributed by atoms with Crippen molar-refractivity contribution in [3.05, 3.63) is 0 Å². The molecule has 2 unspecified atom stereocenters. The van der Waals surface area contributed by atoms with E-state index in [0.717, 1.165) is 19.3 Å². The van der Waals surface area contributed by atoms with Crippen LogP contribution < -0.4 is 11.5 Å². The first kappa shape index (κ1) is 16.9. The predicted molar refractivity (Wildman–Crippen MR) is 76.0 cm³/mol. The van der Waals surface area contributed by atoms with Crippen molar-refractivity contribution < 1.29 is 14.2 Å². The fourth-order valence-corrected chi connectivity index (χ4v) is 2.45. The molecule has 1 fully saturated rings. The highest BCUT2D eigenvalue weighted by Crippen LogP contribution is 2.28. The van der Waals surface area contributed by atoms with Crippen LogP contribution in [0.5, 0.6) is 0 Å². The van der Waals surface area contributed by atoms with Crippen molar-refractivity contribution in [2.45, 2.75) is 51.4 Å². The average molecular weight is 274 g/mol. The molecule has 0 amide bonds. The molecule has 5 nitrogen and oxygen atoms in total. The third-order valence-corrected chi connectivity index (χ3v) is 3.69. The highest BCUT2D eigenvalue weighted by atomic mass is 16.6. The van der Waals surface area contributed by atoms with Crippen molar-refractivity contribution in [2.75, 3.05) is 32.9 Å². The van der Waals surface area contributed by atoms with Gasteiger partial charge in [-0.25, -0.2) is 0 Å². The molecule has 114 valence electrons. The molecule has 0 spiro atoms. The van der Waals surface area contributed by atoms with E-state index in [1.807, 2.05) is 0 Å². The van der Waals surface area contributed by atoms with Crippen molar-refractivity contribution in [3.8, 4) is 0 Å². The zero-order valence-electron chi connectivity index (χ0n) is 12.3. The molecule has 0 bridgehead atoms. The van der Waals surface area contributed by atoms with Crippen LogP contribution in [0.15, 0.2) is 0 Å². The molecule has 0 aromatic carbocycles. The van der Waals surface area contributed by atoms with E-state index < -0.39 is 0 Å². The fraction of sp³-hybridized carbons (Fsp3) is 1.00. The van der Waals surface area contributed by atoms with Crippen LogP contribution in [0.4, 0.5) is 0 Å². The van der Waals surface area contributed by atoms with Crippen LogP contribution in [-0.2, 0) is 14.2 Å². The molecular weight excluding hydrogens is 244 g/mol. The molecule has 0 saturated carbocycles. The highest BCUT2D eigenvalue weighted by Gasteiger charge is 2.39. The van der Waals surface area contributed by atoms with E-state index in [9.17, 15) is 0 Å². The lowest BCUT2D eigenvalue weighted by molar-refractivity contribution is -0.0615. The van der Waals surface area contributed by atoms with Crippen LogP contribution in [0.25, 0.3) is 0 Å². The second-order valence-electron chi connectivity index (χ2n) is 5.17. The van der Waals surface area contributed by atoms with Crippen molar-refractivity contribution >= 4 is 0 Å². The van der Waals surface area contributed by atoms with Gasteiger partial charge in [-0.15, -0.1) is 0 Å². The van der Waals surface area contributed by atoms with Gasteiger partial charge in [0.05, 0.1) is 24.9 Å². The Bertz CT molecular complexity index is 229. The van der Waals surface area contributed by atoms with Crippen LogP contribution in [-0.4, -0.2) is 51.2 Å². The summed E-state index contributed by atoms with van der Waals surface area (Å²) in [5.41, 5.74) is 11.0. The zero-order chi connectivity index (χ0) is 14.1. The molecule has 1 heterocycles. The summed E-state index contributed by atoms with van der Waals surface area (Å²) in [7, 11) is 0. The topological polar surface area (TPSA) is 79.7 Å². The maximum absolute atomic E-state index is 5.88. The normalized spacial score (nSPS) is 28.7. The molecule has 0 aromatic rings. The van der Waals surface area contributed by atoms with Crippen LogP contribution >= 0.6 is 0 Å². The van der Waals surface area contributed by atoms with Crippen LogP contribution in [0.1, 0.15) is 33.1 Å². The maximum atomic E-state index is 5.88. The Labute approximate surface area is 116 Å². The lowest BCUT2D eigenvalue weighted by Gasteiger charge is -2.26. The zero-order valence-corrected chi connectivity index (χ0v) is 12.3. The Morgan fingerprint density at radius 1 is 1.21 bits per heavy atom. The Kier molecular flexibility index (Phi) is 8.57. The Morgan fingerprint density at radius 3 is 2.53 bits per heavy atom. The van der Waals surface area contributed by atoms with Crippen molar-refractivity contribution in [1.82, 2.24) is 0 Å². The molecule has 1 rings (SSSR count). The monoisotopic (exact) mass is 274 g/mol. The lowest BCUT2D eigenvalue weighted by atomic mass is 9.96. The van der Waals surface area contributed by atoms with E-state index >= 15 is 0 Å². The number of rotatable bonds is 10. The first-order valence-electron chi connectivity index (χ1n) is 7.49. The SMILES string of the molecule is CC[C@@H](OCCCN)C1OC[C@@H](OCCCN)C1C. The van der Waals surface area contributed by atoms with Gasteiger partial charge in [0.15, 0.2) is 0 Å². The van der Waals surface area contributed by atoms with Crippen LogP contribution in [0.2, 0.25) is 0 Å². The minimum atomic E-state index is 0.130. The highest BCUT2D eigenvalue weighted by molar-refractivity contribution is 4.86. The second kappa shape index (κ2) is 9.66. The Balaban J connectivity index is 2.36. The summed E-state index contributed by atoms with van der Waals surface area (Å²) in [5, 5.41) is 0. The van der Waals surface area contributed by atoms with E-state index in [2.05, 4.69) is 13.8 Å². The average Bonchev–Trinajstić information content (AvgIpc) is 2.77. The first-order chi connectivity index (χ1) is 9.24. The third-order valence-electron chi connectivity index (χ3n) is 3.69. The van der Waals surface area contributed by atoms with E-state index in [0.29, 0.717) is 38.8 Å². The number of ether oxygens (including phenoxy) is 3. The molecule has 1 aliphatic rings. The molecule has 4 atom stereocenters. The smallest absolute Gasteiger partial charge is 0.0888 e. The Hall–Kier alpha value is -0.200. The van der Waals surface area contributed by atoms with Gasteiger partial charge in [0, 0.05) is 19.1 Å². The number of hydrogen-bond donors (Lipinski definition) is 2. The number of hydrogen-bond acceptors (Lipinski definition) is 5. The van der Waals surface area contributed by atoms with Gasteiger partial charge in [0.25, 0.3) is 0 Å². The molecule has 0 aliphatic carbocycles. The van der Waals surface area contributed by atoms with Crippen molar-refractivity contribution in [1.29, 1.82) is 0 Å². The van der Waals surface area contributed by atoms with Crippen LogP contribution in [0, 0.1) is 5.92 Å². The molecule has 1 aliphatic heterocycles. The maximum Gasteiger partial charge on any atom is 0.0888 e. The molecule has 4 N–H and O–H groups in total. The molecule has 0 aromatic heterocycles. The first-order valence-corrected chi connectivity index (χ1v) is 7.49. The largest absolute Gasteiger partial charge is 0.375 e. The summed E-state index contributed by atoms with van der Waals surface area (Å²) in [5.74, 6) is 0.362. The third kappa shape index (κ3) is 5.36.